The summed E-state index contributed by atoms with van der Waals surface area (Å²) in [6.07, 6.45) is 73.8. The number of ether oxygens (including phenoxy) is 4. The molecule has 4 unspecified atom stereocenters. The minimum atomic E-state index is -4.97. The highest BCUT2D eigenvalue weighted by Gasteiger charge is 2.31. The zero-order chi connectivity index (χ0) is 82.3. The summed E-state index contributed by atoms with van der Waals surface area (Å²) in [6, 6.07) is 0. The highest BCUT2D eigenvalue weighted by molar-refractivity contribution is 7.47. The molecule has 0 bridgehead atoms. The van der Waals surface area contributed by atoms with Gasteiger partial charge < -0.3 is 33.8 Å². The Labute approximate surface area is 689 Å². The third-order valence-corrected chi connectivity index (χ3v) is 24.4. The van der Waals surface area contributed by atoms with Gasteiger partial charge in [-0.25, -0.2) is 9.13 Å². The van der Waals surface area contributed by atoms with E-state index in [0.29, 0.717) is 25.7 Å². The van der Waals surface area contributed by atoms with E-state index in [0.717, 1.165) is 120 Å². The Bertz CT molecular complexity index is 2170. The third-order valence-electron chi connectivity index (χ3n) is 22.5. The first kappa shape index (κ1) is 110. The molecule has 0 fully saturated rings. The van der Waals surface area contributed by atoms with Crippen molar-refractivity contribution < 1.29 is 80.2 Å². The van der Waals surface area contributed by atoms with Gasteiger partial charge in [-0.15, -0.1) is 0 Å². The Hall–Kier alpha value is -1.94. The largest absolute Gasteiger partial charge is 0.472 e. The fraction of sp³-hybridized carbons (Fsp3) is 0.957. The molecule has 3 N–H and O–H groups in total. The molecular weight excluding hydrogens is 1450 g/mol. The minimum Gasteiger partial charge on any atom is -0.462 e. The van der Waals surface area contributed by atoms with Gasteiger partial charge in [0.15, 0.2) is 12.2 Å². The van der Waals surface area contributed by atoms with E-state index in [1.807, 2.05) is 0 Å². The van der Waals surface area contributed by atoms with Gasteiger partial charge in [-0.05, 0) is 49.4 Å². The van der Waals surface area contributed by atoms with Crippen LogP contribution in [-0.2, 0) is 65.4 Å². The van der Waals surface area contributed by atoms with Crippen LogP contribution in [0.25, 0.3) is 0 Å². The highest BCUT2D eigenvalue weighted by atomic mass is 31.2. The average Bonchev–Trinajstić information content (AvgIpc) is 0.898. The predicted molar refractivity (Wildman–Crippen MR) is 464 cm³/mol. The van der Waals surface area contributed by atoms with Crippen LogP contribution in [0.15, 0.2) is 0 Å². The lowest BCUT2D eigenvalue weighted by atomic mass is 9.99. The Balaban J connectivity index is 5.21. The monoisotopic (exact) mass is 1630 g/mol. The number of carbonyl (C=O) groups is 4. The van der Waals surface area contributed by atoms with Crippen molar-refractivity contribution in [2.24, 2.45) is 23.7 Å². The second-order valence-corrected chi connectivity index (χ2v) is 37.7. The van der Waals surface area contributed by atoms with Crippen LogP contribution in [0.2, 0.25) is 0 Å². The molecule has 0 aromatic carbocycles. The van der Waals surface area contributed by atoms with Crippen molar-refractivity contribution in [3.05, 3.63) is 0 Å². The molecule has 0 aliphatic carbocycles. The molecule has 0 rings (SSSR count). The molecule has 0 heterocycles. The first-order chi connectivity index (χ1) is 54.2. The van der Waals surface area contributed by atoms with Gasteiger partial charge in [0.25, 0.3) is 0 Å². The smallest absolute Gasteiger partial charge is 0.462 e. The van der Waals surface area contributed by atoms with E-state index in [1.54, 1.807) is 0 Å². The number of esters is 4. The van der Waals surface area contributed by atoms with E-state index in [4.69, 9.17) is 37.0 Å². The quantitative estimate of drug-likeness (QED) is 0.0222. The molecule has 0 radical (unpaired) electrons. The van der Waals surface area contributed by atoms with Crippen molar-refractivity contribution in [3.63, 3.8) is 0 Å². The summed E-state index contributed by atoms with van der Waals surface area (Å²) in [5.41, 5.74) is 0. The summed E-state index contributed by atoms with van der Waals surface area (Å²) in [6.45, 7) is 14.4. The molecule has 0 saturated carbocycles. The normalized spacial score (nSPS) is 14.3. The van der Waals surface area contributed by atoms with Gasteiger partial charge in [0.05, 0.1) is 26.4 Å². The maximum Gasteiger partial charge on any atom is 0.472 e. The number of rotatable bonds is 90. The van der Waals surface area contributed by atoms with Crippen molar-refractivity contribution >= 4 is 39.5 Å². The minimum absolute atomic E-state index is 0.107. The van der Waals surface area contributed by atoms with Gasteiger partial charge in [-0.1, -0.05) is 441 Å². The summed E-state index contributed by atoms with van der Waals surface area (Å²) in [5.74, 6) is 1.13. The van der Waals surface area contributed by atoms with Gasteiger partial charge in [0, 0.05) is 25.7 Å². The van der Waals surface area contributed by atoms with E-state index in [9.17, 15) is 43.2 Å². The first-order valence-electron chi connectivity index (χ1n) is 47.8. The van der Waals surface area contributed by atoms with Crippen molar-refractivity contribution in [1.29, 1.82) is 0 Å². The average molecular weight is 1630 g/mol. The van der Waals surface area contributed by atoms with Gasteiger partial charge in [-0.3, -0.25) is 37.3 Å². The lowest BCUT2D eigenvalue weighted by molar-refractivity contribution is -0.161. The summed E-state index contributed by atoms with van der Waals surface area (Å²) in [4.78, 5) is 73.4. The molecular formula is C93H182O17P2. The van der Waals surface area contributed by atoms with Crippen molar-refractivity contribution in [2.45, 2.75) is 510 Å². The molecule has 7 atom stereocenters. The first-order valence-corrected chi connectivity index (χ1v) is 50.8. The summed E-state index contributed by atoms with van der Waals surface area (Å²) < 4.78 is 69.1. The molecule has 0 aromatic heterocycles. The van der Waals surface area contributed by atoms with Crippen molar-refractivity contribution in [1.82, 2.24) is 0 Å². The zero-order valence-electron chi connectivity index (χ0n) is 74.3. The van der Waals surface area contributed by atoms with Crippen molar-refractivity contribution in [2.75, 3.05) is 39.6 Å². The number of hydrogen-bond donors (Lipinski definition) is 3. The van der Waals surface area contributed by atoms with E-state index in [1.165, 1.54) is 289 Å². The molecule has 112 heavy (non-hydrogen) atoms. The SMILES string of the molecule is CCC(C)CCCCCCCCCCCCCCCCCCCCC(=O)OC[C@H](COP(=O)(O)OC[C@@H](O)COP(=O)(O)OC[C@@H](COC(=O)CCCCCCCCC(C)CC)OC(=O)CCCCCCCCCCCCCCCCCCCCC(C)C)OC(=O)CCCCCCCCCCCCCCCCCCC(C)C. The van der Waals surface area contributed by atoms with Crippen LogP contribution in [0.5, 0.6) is 0 Å². The van der Waals surface area contributed by atoms with E-state index in [2.05, 4.69) is 55.4 Å². The third kappa shape index (κ3) is 83.1. The van der Waals surface area contributed by atoms with Crippen LogP contribution in [0.3, 0.4) is 0 Å². The number of phosphoric ester groups is 2. The van der Waals surface area contributed by atoms with Gasteiger partial charge in [0.1, 0.15) is 19.3 Å². The summed E-state index contributed by atoms with van der Waals surface area (Å²) in [5, 5.41) is 10.7. The number of carbonyl (C=O) groups excluding carboxylic acids is 4. The lowest BCUT2D eigenvalue weighted by Gasteiger charge is -2.21. The van der Waals surface area contributed by atoms with Crippen LogP contribution in [0, 0.1) is 23.7 Å². The van der Waals surface area contributed by atoms with E-state index >= 15 is 0 Å². The molecule has 0 saturated heterocycles. The molecule has 17 nitrogen and oxygen atoms in total. The predicted octanol–water partition coefficient (Wildman–Crippen LogP) is 28.7. The molecule has 0 aliphatic rings. The van der Waals surface area contributed by atoms with Crippen LogP contribution in [-0.4, -0.2) is 96.7 Å². The van der Waals surface area contributed by atoms with Crippen LogP contribution >= 0.6 is 15.6 Å². The number of unbranched alkanes of at least 4 members (excludes halogenated alkanes) is 54. The zero-order valence-corrected chi connectivity index (χ0v) is 76.1. The van der Waals surface area contributed by atoms with Gasteiger partial charge >= 0.3 is 39.5 Å². The topological polar surface area (TPSA) is 237 Å². The van der Waals surface area contributed by atoms with E-state index < -0.39 is 97.5 Å². The number of phosphoric acid groups is 2. The van der Waals surface area contributed by atoms with Crippen LogP contribution < -0.4 is 0 Å². The highest BCUT2D eigenvalue weighted by Crippen LogP contribution is 2.45. The second kappa shape index (κ2) is 81.4. The number of aliphatic hydroxyl groups is 1. The van der Waals surface area contributed by atoms with Gasteiger partial charge in [-0.2, -0.15) is 0 Å². The molecule has 666 valence electrons. The maximum atomic E-state index is 13.2. The fourth-order valence-electron chi connectivity index (χ4n) is 14.5. The Morgan fingerprint density at radius 2 is 0.429 bits per heavy atom. The van der Waals surface area contributed by atoms with E-state index in [-0.39, 0.29) is 25.7 Å². The standard InChI is InChI=1S/C93H182O17P2/c1-9-85(7)71-63-55-47-41-35-29-23-16-12-14-17-24-30-36-42-48-57-65-73-90(95)103-79-88(109-92(97)75-67-60-50-44-38-32-26-20-19-22-28-34-40-46-54-62-70-84(5)6)81-107-111(99,100)105-77-87(94)78-106-112(101,102)108-82-89(80-104-91(96)74-66-58-52-51-56-64-72-86(8)10-2)110-93(98)76-68-59-49-43-37-31-25-18-13-11-15-21-27-33-39-45-53-61-69-83(3)4/h83-89,94H,9-82H2,1-8H3,(H,99,100)(H,101,102)/t85?,86?,87-,88-,89-/m1/s1. The number of hydrogen-bond acceptors (Lipinski definition) is 15. The Kier molecular flexibility index (Phi) is 80.0. The summed E-state index contributed by atoms with van der Waals surface area (Å²) >= 11 is 0. The number of aliphatic hydroxyl groups excluding tert-OH is 1. The summed E-state index contributed by atoms with van der Waals surface area (Å²) in [7, 11) is -9.94. The Morgan fingerprint density at radius 3 is 0.634 bits per heavy atom. The second-order valence-electron chi connectivity index (χ2n) is 34.8. The molecule has 0 aliphatic heterocycles. The maximum absolute atomic E-state index is 13.2. The Morgan fingerprint density at radius 1 is 0.250 bits per heavy atom. The van der Waals surface area contributed by atoms with Crippen LogP contribution in [0.4, 0.5) is 0 Å². The molecule has 19 heteroatoms. The fourth-order valence-corrected chi connectivity index (χ4v) is 16.1. The van der Waals surface area contributed by atoms with Crippen molar-refractivity contribution in [3.8, 4) is 0 Å². The molecule has 0 aromatic rings. The molecule has 0 amide bonds. The van der Waals surface area contributed by atoms with Gasteiger partial charge in [0.2, 0.25) is 0 Å². The molecule has 0 spiro atoms. The lowest BCUT2D eigenvalue weighted by Crippen LogP contribution is -2.30. The van der Waals surface area contributed by atoms with Crippen LogP contribution in [0.1, 0.15) is 492 Å².